The summed E-state index contributed by atoms with van der Waals surface area (Å²) >= 11 is 1.53. The van der Waals surface area contributed by atoms with E-state index in [0.29, 0.717) is 5.17 Å². The number of aliphatic hydroxyl groups is 1. The minimum absolute atomic E-state index is 0.0272. The Balaban J connectivity index is 2.37. The minimum Gasteiger partial charge on any atom is -0.497 e. The molecule has 1 aromatic rings. The number of amidine groups is 1. The number of hydrogen-bond acceptors (Lipinski definition) is 5. The lowest BCUT2D eigenvalue weighted by atomic mass is 9.88. The molecular formula is C12H16N2O2S. The Kier molecular flexibility index (Phi) is 3.59. The van der Waals surface area contributed by atoms with E-state index >= 15 is 0 Å². The molecule has 0 spiro atoms. The van der Waals surface area contributed by atoms with Gasteiger partial charge in [0.05, 0.1) is 13.7 Å². The molecule has 0 saturated heterocycles. The zero-order valence-corrected chi connectivity index (χ0v) is 10.5. The van der Waals surface area contributed by atoms with Gasteiger partial charge in [-0.3, -0.25) is 0 Å². The predicted octanol–water partition coefficient (Wildman–Crippen LogP) is 1.33. The SMILES string of the molecule is COc1ccc(C2(CO)CCSC(N)=N2)cc1. The molecule has 0 aromatic heterocycles. The summed E-state index contributed by atoms with van der Waals surface area (Å²) in [5.41, 5.74) is 6.15. The van der Waals surface area contributed by atoms with E-state index in [1.54, 1.807) is 7.11 Å². The highest BCUT2D eigenvalue weighted by Gasteiger charge is 2.33. The van der Waals surface area contributed by atoms with Gasteiger partial charge in [-0.15, -0.1) is 0 Å². The fourth-order valence-electron chi connectivity index (χ4n) is 1.94. The molecule has 2 rings (SSSR count). The number of aliphatic hydroxyl groups excluding tert-OH is 1. The molecule has 0 amide bonds. The second-order valence-corrected chi connectivity index (χ2v) is 5.08. The highest BCUT2D eigenvalue weighted by molar-refractivity contribution is 8.13. The average molecular weight is 252 g/mol. The second kappa shape index (κ2) is 4.98. The predicted molar refractivity (Wildman–Crippen MR) is 70.5 cm³/mol. The van der Waals surface area contributed by atoms with E-state index in [1.165, 1.54) is 11.8 Å². The van der Waals surface area contributed by atoms with E-state index < -0.39 is 5.54 Å². The third-order valence-electron chi connectivity index (χ3n) is 2.98. The number of ether oxygens (including phenoxy) is 1. The van der Waals surface area contributed by atoms with E-state index in [2.05, 4.69) is 4.99 Å². The maximum absolute atomic E-state index is 9.64. The van der Waals surface area contributed by atoms with Crippen molar-refractivity contribution in [1.29, 1.82) is 0 Å². The standard InChI is InChI=1S/C12H16N2O2S/c1-16-10-4-2-9(3-5-10)12(8-15)6-7-17-11(13)14-12/h2-5,15H,6-8H2,1H3,(H2,13,14). The summed E-state index contributed by atoms with van der Waals surface area (Å²) in [4.78, 5) is 4.42. The Morgan fingerprint density at radius 3 is 2.71 bits per heavy atom. The Hall–Kier alpha value is -1.20. The molecule has 0 fully saturated rings. The lowest BCUT2D eigenvalue weighted by molar-refractivity contribution is 0.194. The molecule has 0 saturated carbocycles. The normalized spacial score (nSPS) is 24.2. The lowest BCUT2D eigenvalue weighted by Gasteiger charge is -2.31. The molecule has 1 atom stereocenters. The molecule has 1 heterocycles. The van der Waals surface area contributed by atoms with Gasteiger partial charge in [0.15, 0.2) is 5.17 Å². The zero-order valence-electron chi connectivity index (χ0n) is 9.72. The molecule has 17 heavy (non-hydrogen) atoms. The number of benzene rings is 1. The van der Waals surface area contributed by atoms with Gasteiger partial charge in [0.25, 0.3) is 0 Å². The van der Waals surface area contributed by atoms with Gasteiger partial charge in [-0.2, -0.15) is 0 Å². The maximum atomic E-state index is 9.64. The van der Waals surface area contributed by atoms with Crippen LogP contribution in [0.25, 0.3) is 0 Å². The van der Waals surface area contributed by atoms with E-state index in [1.807, 2.05) is 24.3 Å². The minimum atomic E-state index is -0.582. The summed E-state index contributed by atoms with van der Waals surface area (Å²) in [5, 5.41) is 10.2. The maximum Gasteiger partial charge on any atom is 0.154 e. The third kappa shape index (κ3) is 2.40. The van der Waals surface area contributed by atoms with Crippen molar-refractivity contribution in [1.82, 2.24) is 0 Å². The van der Waals surface area contributed by atoms with Crippen LogP contribution in [0.4, 0.5) is 0 Å². The lowest BCUT2D eigenvalue weighted by Crippen LogP contribution is -2.35. The van der Waals surface area contributed by atoms with Crippen LogP contribution in [-0.2, 0) is 5.54 Å². The average Bonchev–Trinajstić information content (AvgIpc) is 2.38. The van der Waals surface area contributed by atoms with Gasteiger partial charge in [-0.25, -0.2) is 4.99 Å². The fraction of sp³-hybridized carbons (Fsp3) is 0.417. The summed E-state index contributed by atoms with van der Waals surface area (Å²) in [6.07, 6.45) is 0.793. The number of nitrogens with two attached hydrogens (primary N) is 1. The molecule has 92 valence electrons. The molecule has 5 heteroatoms. The zero-order chi connectivity index (χ0) is 12.3. The molecule has 3 N–H and O–H groups in total. The van der Waals surface area contributed by atoms with E-state index in [0.717, 1.165) is 23.5 Å². The van der Waals surface area contributed by atoms with Crippen molar-refractivity contribution < 1.29 is 9.84 Å². The van der Waals surface area contributed by atoms with Crippen molar-refractivity contribution in [2.45, 2.75) is 12.0 Å². The van der Waals surface area contributed by atoms with Crippen molar-refractivity contribution in [3.05, 3.63) is 29.8 Å². The Morgan fingerprint density at radius 2 is 2.18 bits per heavy atom. The number of hydrogen-bond donors (Lipinski definition) is 2. The molecule has 1 aromatic carbocycles. The molecule has 0 bridgehead atoms. The first-order valence-electron chi connectivity index (χ1n) is 5.44. The molecule has 0 aliphatic carbocycles. The summed E-state index contributed by atoms with van der Waals surface area (Å²) < 4.78 is 5.12. The summed E-state index contributed by atoms with van der Waals surface area (Å²) in [7, 11) is 1.63. The highest BCUT2D eigenvalue weighted by Crippen LogP contribution is 2.35. The van der Waals surface area contributed by atoms with Crippen LogP contribution in [-0.4, -0.2) is 29.7 Å². The van der Waals surface area contributed by atoms with Gasteiger partial charge < -0.3 is 15.6 Å². The Labute approximate surface area is 105 Å². The Morgan fingerprint density at radius 1 is 1.47 bits per heavy atom. The van der Waals surface area contributed by atoms with Crippen molar-refractivity contribution in [3.8, 4) is 5.75 Å². The van der Waals surface area contributed by atoms with Crippen LogP contribution in [0.2, 0.25) is 0 Å². The van der Waals surface area contributed by atoms with E-state index in [9.17, 15) is 5.11 Å². The first-order chi connectivity index (χ1) is 8.20. The number of rotatable bonds is 3. The topological polar surface area (TPSA) is 67.8 Å². The van der Waals surface area contributed by atoms with Crippen LogP contribution in [0.1, 0.15) is 12.0 Å². The van der Waals surface area contributed by atoms with Crippen LogP contribution in [0, 0.1) is 0 Å². The highest BCUT2D eigenvalue weighted by atomic mass is 32.2. The van der Waals surface area contributed by atoms with Crippen molar-refractivity contribution in [2.24, 2.45) is 10.7 Å². The summed E-state index contributed by atoms with van der Waals surface area (Å²) in [6, 6.07) is 7.62. The van der Waals surface area contributed by atoms with Crippen LogP contribution in [0.3, 0.4) is 0 Å². The van der Waals surface area contributed by atoms with Crippen molar-refractivity contribution in [3.63, 3.8) is 0 Å². The van der Waals surface area contributed by atoms with Gasteiger partial charge >= 0.3 is 0 Å². The van der Waals surface area contributed by atoms with E-state index in [-0.39, 0.29) is 6.61 Å². The largest absolute Gasteiger partial charge is 0.497 e. The molecule has 0 radical (unpaired) electrons. The number of thioether (sulfide) groups is 1. The molecule has 1 aliphatic heterocycles. The van der Waals surface area contributed by atoms with Crippen LogP contribution in [0.5, 0.6) is 5.75 Å². The van der Waals surface area contributed by atoms with Crippen LogP contribution >= 0.6 is 11.8 Å². The molecule has 1 unspecified atom stereocenters. The quantitative estimate of drug-likeness (QED) is 0.851. The third-order valence-corrected chi connectivity index (χ3v) is 3.77. The van der Waals surface area contributed by atoms with Gasteiger partial charge in [0, 0.05) is 5.75 Å². The van der Waals surface area contributed by atoms with Crippen LogP contribution < -0.4 is 10.5 Å². The number of aliphatic imine (C=N–C) groups is 1. The summed E-state index contributed by atoms with van der Waals surface area (Å²) in [6.45, 7) is -0.0272. The van der Waals surface area contributed by atoms with Gasteiger partial charge in [0.2, 0.25) is 0 Å². The molecule has 1 aliphatic rings. The van der Waals surface area contributed by atoms with Crippen molar-refractivity contribution >= 4 is 16.9 Å². The second-order valence-electron chi connectivity index (χ2n) is 3.97. The number of nitrogens with zero attached hydrogens (tertiary/aromatic N) is 1. The van der Waals surface area contributed by atoms with Gasteiger partial charge in [-0.05, 0) is 24.1 Å². The van der Waals surface area contributed by atoms with Crippen LogP contribution in [0.15, 0.2) is 29.3 Å². The van der Waals surface area contributed by atoms with Gasteiger partial charge in [0.1, 0.15) is 11.3 Å². The first-order valence-corrected chi connectivity index (χ1v) is 6.42. The Bertz CT molecular complexity index is 419. The van der Waals surface area contributed by atoms with Gasteiger partial charge in [-0.1, -0.05) is 23.9 Å². The smallest absolute Gasteiger partial charge is 0.154 e. The number of methoxy groups -OCH3 is 1. The first kappa shape index (κ1) is 12.3. The molecular weight excluding hydrogens is 236 g/mol. The van der Waals surface area contributed by atoms with E-state index in [4.69, 9.17) is 10.5 Å². The monoisotopic (exact) mass is 252 g/mol. The molecule has 4 nitrogen and oxygen atoms in total. The van der Waals surface area contributed by atoms with Crippen molar-refractivity contribution in [2.75, 3.05) is 19.5 Å². The fourth-order valence-corrected chi connectivity index (χ4v) is 2.83. The summed E-state index contributed by atoms with van der Waals surface area (Å²) in [5.74, 6) is 1.67.